The van der Waals surface area contributed by atoms with Gasteiger partial charge in [-0.25, -0.2) is 8.42 Å². The van der Waals surface area contributed by atoms with Gasteiger partial charge in [0.05, 0.1) is 21.2 Å². The first-order valence-electron chi connectivity index (χ1n) is 14.8. The minimum absolute atomic E-state index is 0.0212. The molecule has 1 unspecified atom stereocenters. The average molecular weight is 664 g/mol. The Hall–Kier alpha value is -3.57. The summed E-state index contributed by atoms with van der Waals surface area (Å²) in [6, 6.07) is 14.7. The van der Waals surface area contributed by atoms with Gasteiger partial charge in [-0.05, 0) is 69.5 Å². The van der Waals surface area contributed by atoms with Crippen LogP contribution >= 0.6 is 11.6 Å². The summed E-state index contributed by atoms with van der Waals surface area (Å²) >= 11 is 5.84. The molecule has 2 amide bonds. The number of anilines is 1. The van der Waals surface area contributed by atoms with Gasteiger partial charge >= 0.3 is 6.18 Å². The highest BCUT2D eigenvalue weighted by Crippen LogP contribution is 2.38. The Balaban J connectivity index is 1.75. The van der Waals surface area contributed by atoms with Crippen molar-refractivity contribution in [3.8, 4) is 0 Å². The van der Waals surface area contributed by atoms with Crippen molar-refractivity contribution in [3.05, 3.63) is 94.0 Å². The van der Waals surface area contributed by atoms with Crippen molar-refractivity contribution in [1.29, 1.82) is 0 Å². The van der Waals surface area contributed by atoms with Crippen LogP contribution in [0.5, 0.6) is 0 Å². The summed E-state index contributed by atoms with van der Waals surface area (Å²) in [4.78, 5) is 28.6. The van der Waals surface area contributed by atoms with Crippen LogP contribution in [0.15, 0.2) is 71.6 Å². The summed E-state index contributed by atoms with van der Waals surface area (Å²) in [6.07, 6.45) is -0.169. The van der Waals surface area contributed by atoms with E-state index in [0.29, 0.717) is 15.9 Å². The van der Waals surface area contributed by atoms with E-state index in [0.717, 1.165) is 55.4 Å². The fraction of sp³-hybridized carbons (Fsp3) is 0.394. The standard InChI is InChI=1S/C33H37ClF3N3O4S/c1-22-12-15-28(16-13-22)45(43,44)40(27-14-17-30(34)29(19-27)33(35,36)37)21-31(41)39(20-25-9-7-8-23(2)18-25)24(3)32(42)38-26-10-5-4-6-11-26/h7-9,12-19,24,26H,4-6,10-11,20-21H2,1-3H3,(H,38,42). The molecule has 0 saturated heterocycles. The predicted octanol–water partition coefficient (Wildman–Crippen LogP) is 7.04. The molecule has 0 spiro atoms. The molecule has 1 aliphatic rings. The molecule has 3 aromatic rings. The van der Waals surface area contributed by atoms with Crippen molar-refractivity contribution in [2.75, 3.05) is 10.8 Å². The third-order valence-corrected chi connectivity index (χ3v) is 10.1. The minimum Gasteiger partial charge on any atom is -0.352 e. The van der Waals surface area contributed by atoms with Crippen LogP contribution in [0.4, 0.5) is 18.9 Å². The molecular weight excluding hydrogens is 627 g/mol. The van der Waals surface area contributed by atoms with E-state index in [9.17, 15) is 31.2 Å². The number of sulfonamides is 1. The largest absolute Gasteiger partial charge is 0.417 e. The van der Waals surface area contributed by atoms with E-state index in [4.69, 9.17) is 11.6 Å². The third kappa shape index (κ3) is 8.58. The number of hydrogen-bond donors (Lipinski definition) is 1. The van der Waals surface area contributed by atoms with Gasteiger partial charge in [-0.3, -0.25) is 13.9 Å². The van der Waals surface area contributed by atoms with Crippen LogP contribution in [0, 0.1) is 13.8 Å². The Morgan fingerprint density at radius 2 is 1.62 bits per heavy atom. The molecule has 1 fully saturated rings. The Morgan fingerprint density at radius 1 is 0.956 bits per heavy atom. The van der Waals surface area contributed by atoms with E-state index in [2.05, 4.69) is 5.32 Å². The lowest BCUT2D eigenvalue weighted by Gasteiger charge is -2.33. The van der Waals surface area contributed by atoms with E-state index >= 15 is 0 Å². The van der Waals surface area contributed by atoms with Crippen LogP contribution in [0.2, 0.25) is 5.02 Å². The van der Waals surface area contributed by atoms with E-state index in [-0.39, 0.29) is 23.4 Å². The molecule has 1 aliphatic carbocycles. The van der Waals surface area contributed by atoms with Gasteiger partial charge in [0.2, 0.25) is 11.8 Å². The second kappa shape index (κ2) is 14.2. The fourth-order valence-electron chi connectivity index (χ4n) is 5.41. The Kier molecular flexibility index (Phi) is 10.9. The zero-order valence-corrected chi connectivity index (χ0v) is 27.0. The first-order chi connectivity index (χ1) is 21.2. The van der Waals surface area contributed by atoms with E-state index in [1.165, 1.54) is 17.0 Å². The van der Waals surface area contributed by atoms with Crippen molar-refractivity contribution in [1.82, 2.24) is 10.2 Å². The number of nitrogens with zero attached hydrogens (tertiary/aromatic N) is 2. The van der Waals surface area contributed by atoms with E-state index in [1.54, 1.807) is 38.1 Å². The normalized spacial score (nSPS) is 14.9. The summed E-state index contributed by atoms with van der Waals surface area (Å²) in [5.41, 5.74) is 0.762. The van der Waals surface area contributed by atoms with Crippen LogP contribution < -0.4 is 9.62 Å². The number of aryl methyl sites for hydroxylation is 2. The summed E-state index contributed by atoms with van der Waals surface area (Å²) < 4.78 is 70.1. The molecule has 12 heteroatoms. The summed E-state index contributed by atoms with van der Waals surface area (Å²) in [7, 11) is -4.55. The van der Waals surface area contributed by atoms with Gasteiger partial charge in [0.15, 0.2) is 0 Å². The molecule has 4 rings (SSSR count). The highest BCUT2D eigenvalue weighted by Gasteiger charge is 2.37. The number of rotatable bonds is 10. The number of nitrogens with one attached hydrogen (secondary N) is 1. The minimum atomic E-state index is -4.88. The van der Waals surface area contributed by atoms with Crippen LogP contribution in [0.3, 0.4) is 0 Å². The smallest absolute Gasteiger partial charge is 0.352 e. The molecule has 45 heavy (non-hydrogen) atoms. The van der Waals surface area contributed by atoms with Crippen molar-refractivity contribution >= 4 is 39.1 Å². The molecule has 1 atom stereocenters. The zero-order chi connectivity index (χ0) is 32.9. The SMILES string of the molecule is Cc1ccc(S(=O)(=O)N(CC(=O)N(Cc2cccc(C)c2)C(C)C(=O)NC2CCCCC2)c2ccc(Cl)c(C(F)(F)F)c2)cc1. The Morgan fingerprint density at radius 3 is 2.24 bits per heavy atom. The van der Waals surface area contributed by atoms with Gasteiger partial charge in [-0.2, -0.15) is 13.2 Å². The second-order valence-corrected chi connectivity index (χ2v) is 13.8. The van der Waals surface area contributed by atoms with Gasteiger partial charge in [-0.15, -0.1) is 0 Å². The first-order valence-corrected chi connectivity index (χ1v) is 16.6. The lowest BCUT2D eigenvalue weighted by atomic mass is 9.95. The number of carbonyl (C=O) groups is 2. The second-order valence-electron chi connectivity index (χ2n) is 11.5. The molecule has 0 aromatic heterocycles. The van der Waals surface area contributed by atoms with Crippen LogP contribution in [0.1, 0.15) is 61.3 Å². The van der Waals surface area contributed by atoms with Gasteiger partial charge in [0.25, 0.3) is 10.0 Å². The van der Waals surface area contributed by atoms with Gasteiger partial charge in [-0.1, -0.05) is 78.4 Å². The van der Waals surface area contributed by atoms with Crippen LogP contribution in [0.25, 0.3) is 0 Å². The lowest BCUT2D eigenvalue weighted by Crippen LogP contribution is -2.53. The number of hydrogen-bond acceptors (Lipinski definition) is 4. The van der Waals surface area contributed by atoms with Crippen molar-refractivity contribution in [2.45, 2.75) is 82.6 Å². The Labute approximate surface area is 267 Å². The Bertz CT molecular complexity index is 1620. The number of halogens is 4. The van der Waals surface area contributed by atoms with Crippen molar-refractivity contribution in [3.63, 3.8) is 0 Å². The van der Waals surface area contributed by atoms with Gasteiger partial charge < -0.3 is 10.2 Å². The predicted molar refractivity (Wildman–Crippen MR) is 168 cm³/mol. The maximum absolute atomic E-state index is 14.1. The summed E-state index contributed by atoms with van der Waals surface area (Å²) in [6.45, 7) is 4.32. The number of benzene rings is 3. The number of alkyl halides is 3. The van der Waals surface area contributed by atoms with E-state index < -0.39 is 51.0 Å². The maximum atomic E-state index is 14.1. The third-order valence-electron chi connectivity index (χ3n) is 7.99. The molecule has 0 aliphatic heterocycles. The topological polar surface area (TPSA) is 86.8 Å². The summed E-state index contributed by atoms with van der Waals surface area (Å²) in [5, 5.41) is 2.41. The van der Waals surface area contributed by atoms with Crippen LogP contribution in [-0.4, -0.2) is 43.8 Å². The molecule has 7 nitrogen and oxygen atoms in total. The van der Waals surface area contributed by atoms with Crippen molar-refractivity contribution in [2.24, 2.45) is 0 Å². The van der Waals surface area contributed by atoms with Gasteiger partial charge in [0.1, 0.15) is 12.6 Å². The van der Waals surface area contributed by atoms with E-state index in [1.807, 2.05) is 19.1 Å². The maximum Gasteiger partial charge on any atom is 0.417 e. The molecular formula is C33H37ClF3N3O4S. The zero-order valence-electron chi connectivity index (χ0n) is 25.4. The number of carbonyl (C=O) groups excluding carboxylic acids is 2. The molecule has 0 bridgehead atoms. The molecule has 242 valence electrons. The molecule has 3 aromatic carbocycles. The molecule has 0 heterocycles. The van der Waals surface area contributed by atoms with Gasteiger partial charge in [0, 0.05) is 12.6 Å². The quantitative estimate of drug-likeness (QED) is 0.252. The molecule has 0 radical (unpaired) electrons. The fourth-order valence-corrected chi connectivity index (χ4v) is 7.04. The molecule has 1 saturated carbocycles. The average Bonchev–Trinajstić information content (AvgIpc) is 2.98. The first kappa shape index (κ1) is 34.3. The lowest BCUT2D eigenvalue weighted by molar-refractivity contribution is -0.139. The highest BCUT2D eigenvalue weighted by molar-refractivity contribution is 7.92. The summed E-state index contributed by atoms with van der Waals surface area (Å²) in [5.74, 6) is -1.15. The van der Waals surface area contributed by atoms with Crippen molar-refractivity contribution < 1.29 is 31.2 Å². The number of amides is 2. The van der Waals surface area contributed by atoms with Crippen LogP contribution in [-0.2, 0) is 32.3 Å². The monoisotopic (exact) mass is 663 g/mol. The molecule has 1 N–H and O–H groups in total. The highest BCUT2D eigenvalue weighted by atomic mass is 35.5.